The second-order valence-corrected chi connectivity index (χ2v) is 4.45. The second kappa shape index (κ2) is 5.03. The lowest BCUT2D eigenvalue weighted by atomic mass is 10.1. The molecule has 0 aliphatic rings. The van der Waals surface area contributed by atoms with Crippen LogP contribution in [-0.2, 0) is 6.54 Å². The van der Waals surface area contributed by atoms with Crippen LogP contribution in [0.4, 0.5) is 0 Å². The van der Waals surface area contributed by atoms with Gasteiger partial charge in [0.2, 0.25) is 0 Å². The lowest BCUT2D eigenvalue weighted by Gasteiger charge is -2.20. The van der Waals surface area contributed by atoms with E-state index < -0.39 is 0 Å². The van der Waals surface area contributed by atoms with E-state index in [1.165, 1.54) is 0 Å². The molecule has 0 aliphatic carbocycles. The van der Waals surface area contributed by atoms with Gasteiger partial charge in [-0.15, -0.1) is 6.42 Å². The Hall–Kier alpha value is -1.48. The van der Waals surface area contributed by atoms with Crippen molar-refractivity contribution in [1.29, 1.82) is 5.26 Å². The molecule has 0 spiro atoms. The largest absolute Gasteiger partial charge is 0.297 e. The summed E-state index contributed by atoms with van der Waals surface area (Å²) in [6.45, 7) is 4.43. The minimum atomic E-state index is -0.364. The Balaban J connectivity index is 2.77. The molecular formula is C13H13ClN2. The van der Waals surface area contributed by atoms with E-state index in [1.54, 1.807) is 12.1 Å². The molecule has 0 saturated carbocycles. The highest BCUT2D eigenvalue weighted by Crippen LogP contribution is 2.18. The molecule has 2 nitrogen and oxygen atoms in total. The minimum absolute atomic E-state index is 0.364. The molecule has 0 aromatic heterocycles. The van der Waals surface area contributed by atoms with Gasteiger partial charge in [0.05, 0.1) is 17.2 Å². The number of terminal acetylenes is 1. The third-order valence-electron chi connectivity index (χ3n) is 2.26. The fourth-order valence-corrected chi connectivity index (χ4v) is 1.37. The molecule has 0 amide bonds. The molecule has 1 N–H and O–H groups in total. The van der Waals surface area contributed by atoms with E-state index >= 15 is 0 Å². The van der Waals surface area contributed by atoms with Crippen molar-refractivity contribution < 1.29 is 0 Å². The van der Waals surface area contributed by atoms with Crippen molar-refractivity contribution in [1.82, 2.24) is 5.32 Å². The van der Waals surface area contributed by atoms with E-state index in [-0.39, 0.29) is 5.54 Å². The number of benzene rings is 1. The number of hydrogen-bond acceptors (Lipinski definition) is 2. The van der Waals surface area contributed by atoms with Crippen LogP contribution in [0.5, 0.6) is 0 Å². The average Bonchev–Trinajstić information content (AvgIpc) is 2.27. The quantitative estimate of drug-likeness (QED) is 0.814. The lowest BCUT2D eigenvalue weighted by Crippen LogP contribution is -2.36. The monoisotopic (exact) mass is 232 g/mol. The van der Waals surface area contributed by atoms with Crippen LogP contribution in [0.25, 0.3) is 0 Å². The maximum atomic E-state index is 8.70. The first-order chi connectivity index (χ1) is 7.48. The molecule has 0 radical (unpaired) electrons. The Bertz CT molecular complexity index is 464. The number of rotatable bonds is 3. The van der Waals surface area contributed by atoms with E-state index in [0.717, 1.165) is 5.56 Å². The molecule has 0 heterocycles. The number of halogens is 1. The number of hydrogen-bond donors (Lipinski definition) is 1. The van der Waals surface area contributed by atoms with Crippen LogP contribution in [0.15, 0.2) is 18.2 Å². The normalized spacial score (nSPS) is 10.6. The van der Waals surface area contributed by atoms with Crippen molar-refractivity contribution in [3.63, 3.8) is 0 Å². The molecule has 16 heavy (non-hydrogen) atoms. The summed E-state index contributed by atoms with van der Waals surface area (Å²) < 4.78 is 0. The Kier molecular flexibility index (Phi) is 3.96. The molecule has 1 rings (SSSR count). The zero-order valence-electron chi connectivity index (χ0n) is 9.34. The molecule has 0 fully saturated rings. The van der Waals surface area contributed by atoms with E-state index in [9.17, 15) is 0 Å². The van der Waals surface area contributed by atoms with Gasteiger partial charge in [-0.3, -0.25) is 5.32 Å². The molecule has 1 aromatic carbocycles. The smallest absolute Gasteiger partial charge is 0.0992 e. The summed E-state index contributed by atoms with van der Waals surface area (Å²) in [6.07, 6.45) is 5.37. The summed E-state index contributed by atoms with van der Waals surface area (Å²) in [5.41, 5.74) is 1.13. The molecular weight excluding hydrogens is 220 g/mol. The molecule has 1 aromatic rings. The molecule has 0 unspecified atom stereocenters. The molecule has 0 saturated heterocycles. The Labute approximate surface area is 101 Å². The predicted octanol–water partition coefficient (Wildman–Crippen LogP) is 2.71. The van der Waals surface area contributed by atoms with Crippen molar-refractivity contribution in [3.05, 3.63) is 34.3 Å². The number of nitrogens with one attached hydrogen (secondary N) is 1. The van der Waals surface area contributed by atoms with Crippen molar-refractivity contribution in [2.75, 3.05) is 0 Å². The second-order valence-electron chi connectivity index (χ2n) is 4.04. The summed E-state index contributed by atoms with van der Waals surface area (Å²) in [7, 11) is 0. The van der Waals surface area contributed by atoms with E-state index in [1.807, 2.05) is 26.0 Å². The lowest BCUT2D eigenvalue weighted by molar-refractivity contribution is 0.491. The number of nitriles is 1. The third-order valence-corrected chi connectivity index (χ3v) is 2.62. The number of nitrogens with zero attached hydrogens (tertiary/aromatic N) is 1. The highest BCUT2D eigenvalue weighted by molar-refractivity contribution is 6.31. The SMILES string of the molecule is C#CC(C)(C)NCc1ccc(C#N)cc1Cl. The van der Waals surface area contributed by atoms with Crippen LogP contribution >= 0.6 is 11.6 Å². The zero-order valence-corrected chi connectivity index (χ0v) is 10.1. The van der Waals surface area contributed by atoms with Gasteiger partial charge in [-0.2, -0.15) is 5.26 Å². The Morgan fingerprint density at radius 2 is 2.19 bits per heavy atom. The van der Waals surface area contributed by atoms with Gasteiger partial charge in [-0.05, 0) is 31.5 Å². The standard InChI is InChI=1S/C13H13ClN2/c1-4-13(2,3)16-9-11-6-5-10(8-15)7-12(11)14/h1,5-7,16H,9H2,2-3H3. The summed E-state index contributed by atoms with van der Waals surface area (Å²) in [6, 6.07) is 7.27. The van der Waals surface area contributed by atoms with Gasteiger partial charge < -0.3 is 0 Å². The molecule has 0 aliphatic heterocycles. The maximum Gasteiger partial charge on any atom is 0.0992 e. The van der Waals surface area contributed by atoms with Crippen LogP contribution in [0.1, 0.15) is 25.0 Å². The summed E-state index contributed by atoms with van der Waals surface area (Å²) in [5.74, 6) is 2.65. The Morgan fingerprint density at radius 1 is 1.50 bits per heavy atom. The van der Waals surface area contributed by atoms with Crippen LogP contribution in [0.2, 0.25) is 5.02 Å². The van der Waals surface area contributed by atoms with Gasteiger partial charge in [-0.25, -0.2) is 0 Å². The summed E-state index contributed by atoms with van der Waals surface area (Å²) >= 11 is 6.04. The maximum absolute atomic E-state index is 8.70. The van der Waals surface area contributed by atoms with Gasteiger partial charge in [0.15, 0.2) is 0 Å². The van der Waals surface area contributed by atoms with Crippen molar-refractivity contribution in [2.45, 2.75) is 25.9 Å². The molecule has 3 heteroatoms. The fourth-order valence-electron chi connectivity index (χ4n) is 1.13. The average molecular weight is 233 g/mol. The first-order valence-corrected chi connectivity index (χ1v) is 5.27. The minimum Gasteiger partial charge on any atom is -0.297 e. The highest BCUT2D eigenvalue weighted by atomic mass is 35.5. The predicted molar refractivity (Wildman–Crippen MR) is 65.9 cm³/mol. The third kappa shape index (κ3) is 3.28. The summed E-state index contributed by atoms with van der Waals surface area (Å²) in [5, 5.41) is 12.5. The highest BCUT2D eigenvalue weighted by Gasteiger charge is 2.13. The van der Waals surface area contributed by atoms with Crippen LogP contribution in [0, 0.1) is 23.7 Å². The van der Waals surface area contributed by atoms with E-state index in [4.69, 9.17) is 23.3 Å². The first kappa shape index (κ1) is 12.6. The van der Waals surface area contributed by atoms with E-state index in [0.29, 0.717) is 17.1 Å². The van der Waals surface area contributed by atoms with Gasteiger partial charge in [0.25, 0.3) is 0 Å². The van der Waals surface area contributed by atoms with Crippen molar-refractivity contribution in [2.24, 2.45) is 0 Å². The van der Waals surface area contributed by atoms with Gasteiger partial charge in [0, 0.05) is 11.6 Å². The van der Waals surface area contributed by atoms with Crippen LogP contribution in [-0.4, -0.2) is 5.54 Å². The van der Waals surface area contributed by atoms with Gasteiger partial charge in [-0.1, -0.05) is 23.6 Å². The van der Waals surface area contributed by atoms with E-state index in [2.05, 4.69) is 11.2 Å². The molecule has 0 atom stereocenters. The van der Waals surface area contributed by atoms with Gasteiger partial charge >= 0.3 is 0 Å². The topological polar surface area (TPSA) is 35.8 Å². The first-order valence-electron chi connectivity index (χ1n) is 4.90. The molecule has 82 valence electrons. The Morgan fingerprint density at radius 3 is 2.69 bits per heavy atom. The summed E-state index contributed by atoms with van der Waals surface area (Å²) in [4.78, 5) is 0. The molecule has 0 bridgehead atoms. The van der Waals surface area contributed by atoms with Crippen molar-refractivity contribution >= 4 is 11.6 Å². The van der Waals surface area contributed by atoms with Crippen molar-refractivity contribution in [3.8, 4) is 18.4 Å². The fraction of sp³-hybridized carbons (Fsp3) is 0.308. The van der Waals surface area contributed by atoms with Crippen LogP contribution in [0.3, 0.4) is 0 Å². The van der Waals surface area contributed by atoms with Crippen LogP contribution < -0.4 is 5.32 Å². The van der Waals surface area contributed by atoms with Gasteiger partial charge in [0.1, 0.15) is 0 Å². The zero-order chi connectivity index (χ0) is 12.2.